The lowest BCUT2D eigenvalue weighted by atomic mass is 9.98. The number of benzene rings is 1. The fourth-order valence-corrected chi connectivity index (χ4v) is 3.06. The van der Waals surface area contributed by atoms with Gasteiger partial charge in [0.05, 0.1) is 5.92 Å². The van der Waals surface area contributed by atoms with Crippen LogP contribution in [0, 0.1) is 0 Å². The normalized spacial score (nSPS) is 18.2. The number of thioether (sulfide) groups is 1. The first-order chi connectivity index (χ1) is 8.42. The van der Waals surface area contributed by atoms with Crippen LogP contribution >= 0.6 is 11.8 Å². The molecule has 0 aliphatic carbocycles. The van der Waals surface area contributed by atoms with Crippen molar-refractivity contribution in [3.05, 3.63) is 29.8 Å². The van der Waals surface area contributed by atoms with E-state index in [1.54, 1.807) is 11.8 Å². The number of amides is 1. The van der Waals surface area contributed by atoms with E-state index in [1.807, 2.05) is 24.3 Å². The molecule has 0 spiro atoms. The van der Waals surface area contributed by atoms with Crippen molar-refractivity contribution in [3.63, 3.8) is 0 Å². The van der Waals surface area contributed by atoms with Gasteiger partial charge in [-0.1, -0.05) is 18.2 Å². The number of fused-ring (bicyclic) bond motifs is 1. The lowest BCUT2D eigenvalue weighted by Crippen LogP contribution is -2.51. The monoisotopic (exact) mass is 265 g/mol. The van der Waals surface area contributed by atoms with Crippen LogP contribution in [0.2, 0.25) is 0 Å². The van der Waals surface area contributed by atoms with Crippen molar-refractivity contribution in [2.24, 2.45) is 0 Å². The first-order valence-electron chi connectivity index (χ1n) is 5.69. The van der Waals surface area contributed by atoms with E-state index in [2.05, 4.69) is 5.32 Å². The molecule has 0 fully saturated rings. The van der Waals surface area contributed by atoms with E-state index in [1.165, 1.54) is 13.8 Å². The van der Waals surface area contributed by atoms with Gasteiger partial charge in [-0.05, 0) is 25.5 Å². The molecule has 18 heavy (non-hydrogen) atoms. The number of nitrogens with one attached hydrogen (secondary N) is 1. The summed E-state index contributed by atoms with van der Waals surface area (Å²) in [5, 5.41) is 11.6. The lowest BCUT2D eigenvalue weighted by Gasteiger charge is -2.23. The van der Waals surface area contributed by atoms with Crippen LogP contribution in [0.15, 0.2) is 29.2 Å². The van der Waals surface area contributed by atoms with E-state index in [4.69, 9.17) is 5.11 Å². The third-order valence-corrected chi connectivity index (χ3v) is 4.17. The maximum absolute atomic E-state index is 12.1. The Morgan fingerprint density at radius 3 is 2.72 bits per heavy atom. The number of hydrogen-bond acceptors (Lipinski definition) is 3. The van der Waals surface area contributed by atoms with Gasteiger partial charge in [0.2, 0.25) is 5.91 Å². The molecule has 0 radical (unpaired) electrons. The predicted molar refractivity (Wildman–Crippen MR) is 69.8 cm³/mol. The number of rotatable bonds is 3. The summed E-state index contributed by atoms with van der Waals surface area (Å²) in [6, 6.07) is 7.74. The summed E-state index contributed by atoms with van der Waals surface area (Å²) >= 11 is 1.63. The van der Waals surface area contributed by atoms with Gasteiger partial charge >= 0.3 is 5.97 Å². The van der Waals surface area contributed by atoms with E-state index < -0.39 is 11.5 Å². The van der Waals surface area contributed by atoms with Gasteiger partial charge < -0.3 is 10.4 Å². The van der Waals surface area contributed by atoms with Crippen LogP contribution in [-0.2, 0) is 9.59 Å². The Hall–Kier alpha value is -1.49. The van der Waals surface area contributed by atoms with Crippen molar-refractivity contribution in [2.75, 3.05) is 5.75 Å². The van der Waals surface area contributed by atoms with Crippen LogP contribution in [-0.4, -0.2) is 28.3 Å². The summed E-state index contributed by atoms with van der Waals surface area (Å²) in [7, 11) is 0. The molecule has 0 bridgehead atoms. The zero-order valence-electron chi connectivity index (χ0n) is 10.3. The molecule has 0 unspecified atom stereocenters. The minimum Gasteiger partial charge on any atom is -0.480 e. The summed E-state index contributed by atoms with van der Waals surface area (Å²) in [6.07, 6.45) is 0. The number of carboxylic acid groups (broad SMARTS) is 1. The molecule has 96 valence electrons. The van der Waals surface area contributed by atoms with Gasteiger partial charge in [-0.3, -0.25) is 4.79 Å². The van der Waals surface area contributed by atoms with Crippen LogP contribution in [0.4, 0.5) is 0 Å². The Balaban J connectivity index is 2.15. The Kier molecular flexibility index (Phi) is 3.34. The molecular weight excluding hydrogens is 250 g/mol. The zero-order chi connectivity index (χ0) is 13.3. The highest BCUT2D eigenvalue weighted by Crippen LogP contribution is 2.39. The van der Waals surface area contributed by atoms with Crippen molar-refractivity contribution >= 4 is 23.6 Å². The van der Waals surface area contributed by atoms with Crippen molar-refractivity contribution < 1.29 is 14.7 Å². The number of carbonyl (C=O) groups is 2. The third kappa shape index (κ3) is 2.36. The summed E-state index contributed by atoms with van der Waals surface area (Å²) in [5.41, 5.74) is -0.250. The molecule has 0 saturated heterocycles. The fraction of sp³-hybridized carbons (Fsp3) is 0.385. The van der Waals surface area contributed by atoms with Gasteiger partial charge in [-0.15, -0.1) is 11.8 Å². The molecule has 1 aromatic carbocycles. The molecule has 1 aromatic rings. The standard InChI is InChI=1S/C13H15NO3S/c1-13(2,12(16)17)14-11(15)9-7-18-10-6-4-3-5-8(9)10/h3-6,9H,7H2,1-2H3,(H,14,15)(H,16,17)/t9-/m1/s1. The molecule has 4 nitrogen and oxygen atoms in total. The van der Waals surface area contributed by atoms with Crippen LogP contribution in [0.5, 0.6) is 0 Å². The van der Waals surface area contributed by atoms with E-state index in [9.17, 15) is 9.59 Å². The average Bonchev–Trinajstić information content (AvgIpc) is 2.71. The van der Waals surface area contributed by atoms with E-state index >= 15 is 0 Å². The smallest absolute Gasteiger partial charge is 0.328 e. The zero-order valence-corrected chi connectivity index (χ0v) is 11.1. The molecule has 1 amide bonds. The lowest BCUT2D eigenvalue weighted by molar-refractivity contribution is -0.146. The molecule has 1 aliphatic heterocycles. The Morgan fingerprint density at radius 2 is 2.06 bits per heavy atom. The minimum absolute atomic E-state index is 0.222. The van der Waals surface area contributed by atoms with Gasteiger partial charge in [0.25, 0.3) is 0 Å². The summed E-state index contributed by atoms with van der Waals surface area (Å²) in [6.45, 7) is 2.97. The molecule has 0 aromatic heterocycles. The summed E-state index contributed by atoms with van der Waals surface area (Å²) < 4.78 is 0. The number of carboxylic acids is 1. The highest BCUT2D eigenvalue weighted by molar-refractivity contribution is 7.99. The van der Waals surface area contributed by atoms with Crippen molar-refractivity contribution in [2.45, 2.75) is 30.2 Å². The number of hydrogen-bond donors (Lipinski definition) is 2. The second-order valence-electron chi connectivity index (χ2n) is 4.82. The van der Waals surface area contributed by atoms with Crippen molar-refractivity contribution in [1.29, 1.82) is 0 Å². The first-order valence-corrected chi connectivity index (χ1v) is 6.67. The van der Waals surface area contributed by atoms with Crippen LogP contribution in [0.1, 0.15) is 25.3 Å². The van der Waals surface area contributed by atoms with Gasteiger partial charge in [0, 0.05) is 10.6 Å². The fourth-order valence-electron chi connectivity index (χ4n) is 1.83. The van der Waals surface area contributed by atoms with Crippen molar-refractivity contribution in [1.82, 2.24) is 5.32 Å². The maximum atomic E-state index is 12.1. The molecule has 1 heterocycles. The Bertz CT molecular complexity index is 499. The van der Waals surface area contributed by atoms with Crippen LogP contribution < -0.4 is 5.32 Å². The van der Waals surface area contributed by atoms with Gasteiger partial charge in [-0.25, -0.2) is 4.79 Å². The second kappa shape index (κ2) is 4.65. The van der Waals surface area contributed by atoms with E-state index in [0.717, 1.165) is 10.5 Å². The van der Waals surface area contributed by atoms with Gasteiger partial charge in [0.1, 0.15) is 5.54 Å². The number of carbonyl (C=O) groups excluding carboxylic acids is 1. The molecular formula is C13H15NO3S. The highest BCUT2D eigenvalue weighted by atomic mass is 32.2. The highest BCUT2D eigenvalue weighted by Gasteiger charge is 2.35. The van der Waals surface area contributed by atoms with Gasteiger partial charge in [0.15, 0.2) is 0 Å². The van der Waals surface area contributed by atoms with Crippen molar-refractivity contribution in [3.8, 4) is 0 Å². The SMILES string of the molecule is CC(C)(NC(=O)[C@@H]1CSc2ccccc21)C(=O)O. The summed E-state index contributed by atoms with van der Waals surface area (Å²) in [5.74, 6) is -0.847. The molecule has 5 heteroatoms. The molecule has 0 saturated carbocycles. The summed E-state index contributed by atoms with van der Waals surface area (Å²) in [4.78, 5) is 24.2. The van der Waals surface area contributed by atoms with Crippen LogP contribution in [0.3, 0.4) is 0 Å². The third-order valence-electron chi connectivity index (χ3n) is 2.99. The van der Waals surface area contributed by atoms with Gasteiger partial charge in [-0.2, -0.15) is 0 Å². The molecule has 2 rings (SSSR count). The van der Waals surface area contributed by atoms with E-state index in [-0.39, 0.29) is 11.8 Å². The topological polar surface area (TPSA) is 66.4 Å². The Labute approximate surface area is 110 Å². The number of aliphatic carboxylic acids is 1. The quantitative estimate of drug-likeness (QED) is 0.875. The Morgan fingerprint density at radius 1 is 1.39 bits per heavy atom. The largest absolute Gasteiger partial charge is 0.480 e. The molecule has 2 N–H and O–H groups in total. The second-order valence-corrected chi connectivity index (χ2v) is 5.88. The van der Waals surface area contributed by atoms with E-state index in [0.29, 0.717) is 5.75 Å². The predicted octanol–water partition coefficient (Wildman–Crippen LogP) is 1.86. The maximum Gasteiger partial charge on any atom is 0.328 e. The molecule has 1 atom stereocenters. The first kappa shape index (κ1) is 13.0. The molecule has 1 aliphatic rings. The van der Waals surface area contributed by atoms with Crippen LogP contribution in [0.25, 0.3) is 0 Å². The minimum atomic E-state index is -1.24. The average molecular weight is 265 g/mol.